The molecule has 0 aromatic heterocycles. The summed E-state index contributed by atoms with van der Waals surface area (Å²) in [5.41, 5.74) is 0. The van der Waals surface area contributed by atoms with Crippen LogP contribution in [0.1, 0.15) is 33.1 Å². The molecule has 0 saturated carbocycles. The number of ether oxygens (including phenoxy) is 2. The number of hydrogen-bond donors (Lipinski definition) is 1. The highest BCUT2D eigenvalue weighted by Gasteiger charge is 2.24. The first kappa shape index (κ1) is 12.0. The number of hydrogen-bond acceptors (Lipinski definition) is 3. The summed E-state index contributed by atoms with van der Waals surface area (Å²) < 4.78 is 11.2. The minimum absolute atomic E-state index is 0.336. The Labute approximate surface area is 87.2 Å². The van der Waals surface area contributed by atoms with Gasteiger partial charge in [0.1, 0.15) is 0 Å². The fourth-order valence-corrected chi connectivity index (χ4v) is 1.74. The quantitative estimate of drug-likeness (QED) is 0.634. The molecule has 1 N–H and O–H groups in total. The van der Waals surface area contributed by atoms with Crippen molar-refractivity contribution in [1.29, 1.82) is 0 Å². The van der Waals surface area contributed by atoms with Crippen LogP contribution in [-0.2, 0) is 9.47 Å². The maximum absolute atomic E-state index is 5.82. The summed E-state index contributed by atoms with van der Waals surface area (Å²) in [6.45, 7) is 7.85. The van der Waals surface area contributed by atoms with Gasteiger partial charge in [0, 0.05) is 13.2 Å². The molecule has 0 aromatic rings. The van der Waals surface area contributed by atoms with Crippen LogP contribution in [0, 0.1) is 0 Å². The third-order valence-corrected chi connectivity index (χ3v) is 2.50. The Hall–Kier alpha value is -0.120. The van der Waals surface area contributed by atoms with Crippen LogP contribution in [0.15, 0.2) is 0 Å². The monoisotopic (exact) mass is 201 g/mol. The average Bonchev–Trinajstić information content (AvgIpc) is 2.63. The molecule has 3 heteroatoms. The van der Waals surface area contributed by atoms with Gasteiger partial charge in [-0.3, -0.25) is 0 Å². The van der Waals surface area contributed by atoms with Crippen molar-refractivity contribution in [2.24, 2.45) is 0 Å². The minimum Gasteiger partial charge on any atom is -0.379 e. The topological polar surface area (TPSA) is 30.5 Å². The van der Waals surface area contributed by atoms with Gasteiger partial charge in [-0.25, -0.2) is 0 Å². The third kappa shape index (κ3) is 4.40. The lowest BCUT2D eigenvalue weighted by Crippen LogP contribution is -2.28. The van der Waals surface area contributed by atoms with Crippen LogP contribution < -0.4 is 5.32 Å². The van der Waals surface area contributed by atoms with Gasteiger partial charge in [-0.05, 0) is 32.7 Å². The largest absolute Gasteiger partial charge is 0.379 e. The fraction of sp³-hybridized carbons (Fsp3) is 1.00. The second-order valence-corrected chi connectivity index (χ2v) is 3.82. The van der Waals surface area contributed by atoms with E-state index in [1.165, 1.54) is 12.8 Å². The van der Waals surface area contributed by atoms with Crippen molar-refractivity contribution in [2.45, 2.75) is 45.3 Å². The molecule has 1 heterocycles. The van der Waals surface area contributed by atoms with Gasteiger partial charge in [-0.2, -0.15) is 0 Å². The lowest BCUT2D eigenvalue weighted by molar-refractivity contribution is -0.0113. The first-order valence-corrected chi connectivity index (χ1v) is 5.80. The zero-order valence-corrected chi connectivity index (χ0v) is 9.42. The molecule has 0 bridgehead atoms. The lowest BCUT2D eigenvalue weighted by Gasteiger charge is -2.13. The second kappa shape index (κ2) is 7.21. The fourth-order valence-electron chi connectivity index (χ4n) is 1.74. The Bertz CT molecular complexity index is 141. The molecule has 2 unspecified atom stereocenters. The molecular formula is C11H23NO2. The molecule has 0 aliphatic carbocycles. The molecule has 0 amide bonds. The smallest absolute Gasteiger partial charge is 0.0813 e. The van der Waals surface area contributed by atoms with Crippen molar-refractivity contribution in [1.82, 2.24) is 5.32 Å². The minimum atomic E-state index is 0.336. The SMILES string of the molecule is CCCNCC1CCC(COCC)O1. The van der Waals surface area contributed by atoms with E-state index in [-0.39, 0.29) is 0 Å². The van der Waals surface area contributed by atoms with Gasteiger partial charge in [-0.1, -0.05) is 6.92 Å². The van der Waals surface area contributed by atoms with Crippen LogP contribution in [0.2, 0.25) is 0 Å². The van der Waals surface area contributed by atoms with Crippen LogP contribution >= 0.6 is 0 Å². The Kier molecular flexibility index (Phi) is 6.15. The first-order valence-electron chi connectivity index (χ1n) is 5.80. The summed E-state index contributed by atoms with van der Waals surface area (Å²) in [4.78, 5) is 0. The standard InChI is InChI=1S/C11H23NO2/c1-3-7-12-8-10-5-6-11(14-10)9-13-4-2/h10-12H,3-9H2,1-2H3. The Morgan fingerprint density at radius 2 is 2.07 bits per heavy atom. The number of rotatable bonds is 7. The van der Waals surface area contributed by atoms with Gasteiger partial charge < -0.3 is 14.8 Å². The van der Waals surface area contributed by atoms with Gasteiger partial charge in [0.05, 0.1) is 18.8 Å². The van der Waals surface area contributed by atoms with Crippen molar-refractivity contribution in [3.63, 3.8) is 0 Å². The zero-order chi connectivity index (χ0) is 10.2. The highest BCUT2D eigenvalue weighted by atomic mass is 16.5. The normalized spacial score (nSPS) is 27.0. The summed E-state index contributed by atoms with van der Waals surface area (Å²) in [7, 11) is 0. The molecule has 84 valence electrons. The van der Waals surface area contributed by atoms with Gasteiger partial charge in [0.2, 0.25) is 0 Å². The molecule has 1 aliphatic heterocycles. The van der Waals surface area contributed by atoms with Crippen LogP contribution in [0.4, 0.5) is 0 Å². The maximum Gasteiger partial charge on any atom is 0.0813 e. The van der Waals surface area contributed by atoms with E-state index in [1.54, 1.807) is 0 Å². The van der Waals surface area contributed by atoms with E-state index in [4.69, 9.17) is 9.47 Å². The molecule has 0 spiro atoms. The average molecular weight is 201 g/mol. The summed E-state index contributed by atoms with van der Waals surface area (Å²) in [5.74, 6) is 0. The number of nitrogens with one attached hydrogen (secondary N) is 1. The van der Waals surface area contributed by atoms with E-state index >= 15 is 0 Å². The van der Waals surface area contributed by atoms with E-state index < -0.39 is 0 Å². The van der Waals surface area contributed by atoms with Gasteiger partial charge in [0.15, 0.2) is 0 Å². The van der Waals surface area contributed by atoms with E-state index in [0.29, 0.717) is 12.2 Å². The Morgan fingerprint density at radius 1 is 1.29 bits per heavy atom. The maximum atomic E-state index is 5.82. The molecule has 3 nitrogen and oxygen atoms in total. The van der Waals surface area contributed by atoms with Crippen LogP contribution in [0.3, 0.4) is 0 Å². The Balaban J connectivity index is 2.02. The molecule has 14 heavy (non-hydrogen) atoms. The molecule has 2 atom stereocenters. The summed E-state index contributed by atoms with van der Waals surface area (Å²) >= 11 is 0. The van der Waals surface area contributed by atoms with Crippen LogP contribution in [0.25, 0.3) is 0 Å². The molecule has 1 rings (SSSR count). The highest BCUT2D eigenvalue weighted by Crippen LogP contribution is 2.19. The molecule has 0 radical (unpaired) electrons. The van der Waals surface area contributed by atoms with E-state index in [9.17, 15) is 0 Å². The van der Waals surface area contributed by atoms with Crippen molar-refractivity contribution >= 4 is 0 Å². The summed E-state index contributed by atoms with van der Waals surface area (Å²) in [6, 6.07) is 0. The van der Waals surface area contributed by atoms with Crippen LogP contribution in [-0.4, -0.2) is 38.5 Å². The summed E-state index contributed by atoms with van der Waals surface area (Å²) in [5, 5.41) is 3.39. The van der Waals surface area contributed by atoms with Gasteiger partial charge >= 0.3 is 0 Å². The molecular weight excluding hydrogens is 178 g/mol. The van der Waals surface area contributed by atoms with Crippen molar-refractivity contribution in [2.75, 3.05) is 26.3 Å². The summed E-state index contributed by atoms with van der Waals surface area (Å²) in [6.07, 6.45) is 4.26. The Morgan fingerprint density at radius 3 is 2.79 bits per heavy atom. The molecule has 1 fully saturated rings. The first-order chi connectivity index (χ1) is 6.86. The van der Waals surface area contributed by atoms with Gasteiger partial charge in [-0.15, -0.1) is 0 Å². The van der Waals surface area contributed by atoms with Crippen molar-refractivity contribution in [3.8, 4) is 0 Å². The highest BCUT2D eigenvalue weighted by molar-refractivity contribution is 4.74. The van der Waals surface area contributed by atoms with Gasteiger partial charge in [0.25, 0.3) is 0 Å². The van der Waals surface area contributed by atoms with Crippen molar-refractivity contribution in [3.05, 3.63) is 0 Å². The zero-order valence-electron chi connectivity index (χ0n) is 9.42. The van der Waals surface area contributed by atoms with E-state index in [1.807, 2.05) is 6.92 Å². The van der Waals surface area contributed by atoms with Crippen LogP contribution in [0.5, 0.6) is 0 Å². The van der Waals surface area contributed by atoms with E-state index in [2.05, 4.69) is 12.2 Å². The van der Waals surface area contributed by atoms with E-state index in [0.717, 1.165) is 32.7 Å². The lowest BCUT2D eigenvalue weighted by atomic mass is 10.2. The molecule has 1 saturated heterocycles. The molecule has 1 aliphatic rings. The third-order valence-electron chi connectivity index (χ3n) is 2.50. The predicted octanol–water partition coefficient (Wildman–Crippen LogP) is 1.57. The second-order valence-electron chi connectivity index (χ2n) is 3.82. The van der Waals surface area contributed by atoms with Crippen molar-refractivity contribution < 1.29 is 9.47 Å². The predicted molar refractivity (Wildman–Crippen MR) is 57.5 cm³/mol. The molecule has 0 aromatic carbocycles.